The molecule has 37 heavy (non-hydrogen) atoms. The van der Waals surface area contributed by atoms with E-state index in [1.807, 2.05) is 18.2 Å². The Bertz CT molecular complexity index is 1680. The van der Waals surface area contributed by atoms with Crippen LogP contribution in [0.15, 0.2) is 71.2 Å². The van der Waals surface area contributed by atoms with Gasteiger partial charge in [-0.05, 0) is 60.2 Å². The molecule has 1 N–H and O–H groups in total. The molecule has 0 bridgehead atoms. The number of fused-ring (bicyclic) bond motifs is 4. The van der Waals surface area contributed by atoms with Crippen molar-refractivity contribution in [3.63, 3.8) is 0 Å². The van der Waals surface area contributed by atoms with Gasteiger partial charge in [-0.25, -0.2) is 0 Å². The van der Waals surface area contributed by atoms with Gasteiger partial charge in [0.25, 0.3) is 5.56 Å². The molecule has 3 heterocycles. The topological polar surface area (TPSA) is 104 Å². The number of carbonyl (C=O) groups is 2. The highest BCUT2D eigenvalue weighted by molar-refractivity contribution is 6.15. The fraction of sp³-hybridized carbons (Fsp3) is 0.138. The van der Waals surface area contributed by atoms with Crippen molar-refractivity contribution in [2.45, 2.75) is 12.3 Å². The first-order chi connectivity index (χ1) is 17.9. The highest BCUT2D eigenvalue weighted by Crippen LogP contribution is 2.48. The molecule has 8 nitrogen and oxygen atoms in total. The van der Waals surface area contributed by atoms with Crippen molar-refractivity contribution in [2.24, 2.45) is 0 Å². The third kappa shape index (κ3) is 3.83. The zero-order valence-electron chi connectivity index (χ0n) is 20.0. The summed E-state index contributed by atoms with van der Waals surface area (Å²) in [4.78, 5) is 41.8. The van der Waals surface area contributed by atoms with Crippen molar-refractivity contribution < 1.29 is 28.5 Å². The summed E-state index contributed by atoms with van der Waals surface area (Å²) in [6.07, 6.45) is 1.57. The Hall–Kier alpha value is -4.85. The van der Waals surface area contributed by atoms with E-state index >= 15 is 0 Å². The molecule has 6 rings (SSSR count). The molecule has 0 radical (unpaired) electrons. The smallest absolute Gasteiger partial charge is 0.312 e. The highest BCUT2D eigenvalue weighted by Gasteiger charge is 2.39. The summed E-state index contributed by atoms with van der Waals surface area (Å²) in [5.41, 5.74) is 2.28. The zero-order chi connectivity index (χ0) is 25.7. The number of benzene rings is 3. The summed E-state index contributed by atoms with van der Waals surface area (Å²) in [6, 6.07) is 17.4. The third-order valence-electron chi connectivity index (χ3n) is 6.65. The number of allylic oxidation sites excluding steroid dienone is 1. The number of aromatic amines is 1. The summed E-state index contributed by atoms with van der Waals surface area (Å²) in [5.74, 6) is 0.606. The Balaban J connectivity index is 1.47. The second-order valence-electron chi connectivity index (χ2n) is 8.80. The van der Waals surface area contributed by atoms with Crippen LogP contribution < -0.4 is 24.5 Å². The lowest BCUT2D eigenvalue weighted by Gasteiger charge is -2.26. The molecular formula is C29H21NO7. The number of Topliss-reactive ketones (excluding diaryl/α,β-unsaturated/α-hetero) is 1. The largest absolute Gasteiger partial charge is 0.497 e. The first-order valence-corrected chi connectivity index (χ1v) is 11.6. The van der Waals surface area contributed by atoms with E-state index in [0.717, 1.165) is 10.9 Å². The molecule has 0 saturated heterocycles. The monoisotopic (exact) mass is 495 g/mol. The Labute approximate surface area is 211 Å². The van der Waals surface area contributed by atoms with Crippen LogP contribution in [0.25, 0.3) is 17.0 Å². The minimum Gasteiger partial charge on any atom is -0.497 e. The van der Waals surface area contributed by atoms with Crippen LogP contribution in [0.3, 0.4) is 0 Å². The van der Waals surface area contributed by atoms with Crippen molar-refractivity contribution in [1.82, 2.24) is 4.98 Å². The van der Waals surface area contributed by atoms with Gasteiger partial charge in [-0.1, -0.05) is 12.1 Å². The summed E-state index contributed by atoms with van der Waals surface area (Å²) in [7, 11) is 3.15. The molecule has 0 spiro atoms. The van der Waals surface area contributed by atoms with Gasteiger partial charge in [-0.15, -0.1) is 0 Å². The van der Waals surface area contributed by atoms with Gasteiger partial charge in [0.15, 0.2) is 5.76 Å². The van der Waals surface area contributed by atoms with E-state index in [9.17, 15) is 14.4 Å². The summed E-state index contributed by atoms with van der Waals surface area (Å²) in [5, 5.41) is 0.749. The van der Waals surface area contributed by atoms with Crippen LogP contribution in [0, 0.1) is 0 Å². The Kier molecular flexibility index (Phi) is 5.30. The molecule has 2 aliphatic rings. The molecule has 0 fully saturated rings. The minimum atomic E-state index is -0.668. The van der Waals surface area contributed by atoms with Crippen LogP contribution >= 0.6 is 0 Å². The van der Waals surface area contributed by atoms with Gasteiger partial charge in [0.1, 0.15) is 23.0 Å². The number of H-pyrrole nitrogens is 1. The number of rotatable bonds is 4. The van der Waals surface area contributed by atoms with Gasteiger partial charge in [0, 0.05) is 27.9 Å². The van der Waals surface area contributed by atoms with E-state index in [0.29, 0.717) is 39.5 Å². The van der Waals surface area contributed by atoms with E-state index in [2.05, 4.69) is 4.98 Å². The number of hydrogen-bond donors (Lipinski definition) is 1. The SMILES string of the molecule is COc1ccc(/C=C2/Oc3c(ccc4c3[C@H](c3cc5cc(OC)ccc5[nH]c3=O)CC(=O)O4)C2=O)cc1. The maximum Gasteiger partial charge on any atom is 0.312 e. The molecule has 1 aromatic heterocycles. The maximum absolute atomic E-state index is 13.2. The molecular weight excluding hydrogens is 474 g/mol. The maximum atomic E-state index is 13.2. The Morgan fingerprint density at radius 2 is 1.65 bits per heavy atom. The van der Waals surface area contributed by atoms with Crippen LogP contribution in [0.4, 0.5) is 0 Å². The number of esters is 1. The average Bonchev–Trinajstić information content (AvgIpc) is 3.22. The predicted molar refractivity (Wildman–Crippen MR) is 136 cm³/mol. The summed E-state index contributed by atoms with van der Waals surface area (Å²) < 4.78 is 22.1. The third-order valence-corrected chi connectivity index (χ3v) is 6.65. The standard InChI is InChI=1S/C29H21NO7/c1-34-17-5-3-15(4-6-17)11-24-27(32)19-8-10-23-26(28(19)37-24)20(14-25(31)36-23)21-13-16-12-18(35-2)7-9-22(16)30-29(21)33/h3-13,20H,14H2,1-2H3,(H,30,33)/b24-11+/t20-/m0/s1. The van der Waals surface area contributed by atoms with Gasteiger partial charge < -0.3 is 23.9 Å². The Morgan fingerprint density at radius 3 is 2.41 bits per heavy atom. The molecule has 3 aromatic carbocycles. The minimum absolute atomic E-state index is 0.0723. The van der Waals surface area contributed by atoms with Gasteiger partial charge in [-0.2, -0.15) is 0 Å². The number of hydrogen-bond acceptors (Lipinski definition) is 7. The van der Waals surface area contributed by atoms with E-state index in [-0.39, 0.29) is 29.3 Å². The lowest BCUT2D eigenvalue weighted by atomic mass is 9.85. The summed E-state index contributed by atoms with van der Waals surface area (Å²) >= 11 is 0. The van der Waals surface area contributed by atoms with E-state index in [1.165, 1.54) is 0 Å². The zero-order valence-corrected chi connectivity index (χ0v) is 20.0. The highest BCUT2D eigenvalue weighted by atomic mass is 16.5. The first-order valence-electron chi connectivity index (χ1n) is 11.6. The molecule has 2 aliphatic heterocycles. The number of carbonyl (C=O) groups excluding carboxylic acids is 2. The Morgan fingerprint density at radius 1 is 0.892 bits per heavy atom. The van der Waals surface area contributed by atoms with Crippen molar-refractivity contribution >= 4 is 28.7 Å². The molecule has 0 unspecified atom stereocenters. The van der Waals surface area contributed by atoms with E-state index < -0.39 is 11.9 Å². The number of methoxy groups -OCH3 is 2. The molecule has 184 valence electrons. The fourth-order valence-corrected chi connectivity index (χ4v) is 4.81. The second kappa shape index (κ2) is 8.67. The average molecular weight is 495 g/mol. The number of nitrogens with one attached hydrogen (secondary N) is 1. The molecule has 0 aliphatic carbocycles. The predicted octanol–water partition coefficient (Wildman–Crippen LogP) is 4.60. The van der Waals surface area contributed by atoms with Gasteiger partial charge >= 0.3 is 5.97 Å². The van der Waals surface area contributed by atoms with Crippen molar-refractivity contribution in [2.75, 3.05) is 14.2 Å². The van der Waals surface area contributed by atoms with Gasteiger partial charge in [0.2, 0.25) is 5.78 Å². The van der Waals surface area contributed by atoms with Gasteiger partial charge in [-0.3, -0.25) is 14.4 Å². The number of ketones is 1. The summed E-state index contributed by atoms with van der Waals surface area (Å²) in [6.45, 7) is 0. The normalized spacial score (nSPS) is 17.2. The van der Waals surface area contributed by atoms with E-state index in [4.69, 9.17) is 18.9 Å². The molecule has 4 aromatic rings. The van der Waals surface area contributed by atoms with Crippen LogP contribution in [0.1, 0.15) is 39.4 Å². The molecule has 0 amide bonds. The first kappa shape index (κ1) is 22.6. The van der Waals surface area contributed by atoms with Crippen LogP contribution in [0.2, 0.25) is 0 Å². The van der Waals surface area contributed by atoms with Crippen LogP contribution in [0.5, 0.6) is 23.0 Å². The molecule has 0 saturated carbocycles. The van der Waals surface area contributed by atoms with Crippen LogP contribution in [-0.4, -0.2) is 31.0 Å². The van der Waals surface area contributed by atoms with Crippen molar-refractivity contribution in [3.8, 4) is 23.0 Å². The van der Waals surface area contributed by atoms with E-state index in [1.54, 1.807) is 62.8 Å². The fourth-order valence-electron chi connectivity index (χ4n) is 4.81. The quantitative estimate of drug-likeness (QED) is 0.251. The van der Waals surface area contributed by atoms with Crippen molar-refractivity contribution in [3.05, 3.63) is 99.0 Å². The van der Waals surface area contributed by atoms with Crippen molar-refractivity contribution in [1.29, 1.82) is 0 Å². The van der Waals surface area contributed by atoms with Crippen LogP contribution in [-0.2, 0) is 4.79 Å². The number of pyridine rings is 1. The van der Waals surface area contributed by atoms with Gasteiger partial charge in [0.05, 0.1) is 26.2 Å². The lowest BCUT2D eigenvalue weighted by Crippen LogP contribution is -2.26. The molecule has 8 heteroatoms. The molecule has 1 atom stereocenters. The number of ether oxygens (including phenoxy) is 4. The lowest BCUT2D eigenvalue weighted by molar-refractivity contribution is -0.135. The second-order valence-corrected chi connectivity index (χ2v) is 8.80. The number of aromatic nitrogens is 1.